The summed E-state index contributed by atoms with van der Waals surface area (Å²) in [4.78, 5) is 0. The predicted molar refractivity (Wildman–Crippen MR) is 53.0 cm³/mol. The molecule has 0 amide bonds. The largest absolute Gasteiger partial charge is 0.0882 e. The Morgan fingerprint density at radius 2 is 2.08 bits per heavy atom. The molecule has 0 aromatic carbocycles. The van der Waals surface area contributed by atoms with Gasteiger partial charge in [0, 0.05) is 0 Å². The SMILES string of the molecule is CC1C=CCCCC1(C)C1CC1. The second kappa shape index (κ2) is 2.90. The molecule has 0 N–H and O–H groups in total. The van der Waals surface area contributed by atoms with Gasteiger partial charge in [-0.3, -0.25) is 0 Å². The summed E-state index contributed by atoms with van der Waals surface area (Å²) in [6, 6.07) is 0. The number of hydrogen-bond donors (Lipinski definition) is 0. The van der Waals surface area contributed by atoms with Crippen LogP contribution in [0.25, 0.3) is 0 Å². The van der Waals surface area contributed by atoms with Crippen LogP contribution in [0.5, 0.6) is 0 Å². The normalized spacial score (nSPS) is 42.7. The van der Waals surface area contributed by atoms with Crippen molar-refractivity contribution in [2.45, 2.75) is 46.0 Å². The Labute approximate surface area is 76.1 Å². The van der Waals surface area contributed by atoms with Gasteiger partial charge in [-0.15, -0.1) is 0 Å². The van der Waals surface area contributed by atoms with E-state index in [2.05, 4.69) is 26.0 Å². The summed E-state index contributed by atoms with van der Waals surface area (Å²) >= 11 is 0. The van der Waals surface area contributed by atoms with Crippen LogP contribution in [0.1, 0.15) is 46.0 Å². The smallest absolute Gasteiger partial charge is 0.0205 e. The van der Waals surface area contributed by atoms with Gasteiger partial charge in [-0.05, 0) is 49.4 Å². The average Bonchev–Trinajstić information content (AvgIpc) is 2.82. The van der Waals surface area contributed by atoms with Gasteiger partial charge in [0.2, 0.25) is 0 Å². The highest BCUT2D eigenvalue weighted by Gasteiger charge is 2.43. The molecule has 68 valence electrons. The van der Waals surface area contributed by atoms with Crippen molar-refractivity contribution in [2.75, 3.05) is 0 Å². The van der Waals surface area contributed by atoms with E-state index in [1.54, 1.807) is 0 Å². The van der Waals surface area contributed by atoms with Gasteiger partial charge in [0.25, 0.3) is 0 Å². The zero-order chi connectivity index (χ0) is 8.60. The first-order valence-electron chi connectivity index (χ1n) is 5.40. The lowest BCUT2D eigenvalue weighted by Gasteiger charge is -2.33. The van der Waals surface area contributed by atoms with E-state index in [0.29, 0.717) is 5.41 Å². The van der Waals surface area contributed by atoms with E-state index >= 15 is 0 Å². The molecule has 2 unspecified atom stereocenters. The zero-order valence-electron chi connectivity index (χ0n) is 8.34. The first kappa shape index (κ1) is 8.34. The maximum atomic E-state index is 2.50. The van der Waals surface area contributed by atoms with Crippen molar-refractivity contribution < 1.29 is 0 Å². The Hall–Kier alpha value is -0.260. The monoisotopic (exact) mass is 164 g/mol. The van der Waals surface area contributed by atoms with Crippen molar-refractivity contribution in [2.24, 2.45) is 17.3 Å². The molecule has 0 aliphatic heterocycles. The van der Waals surface area contributed by atoms with E-state index < -0.39 is 0 Å². The second-order valence-corrected chi connectivity index (χ2v) is 4.89. The summed E-state index contributed by atoms with van der Waals surface area (Å²) in [5, 5.41) is 0. The highest BCUT2D eigenvalue weighted by atomic mass is 14.5. The Morgan fingerprint density at radius 3 is 2.75 bits per heavy atom. The quantitative estimate of drug-likeness (QED) is 0.517. The van der Waals surface area contributed by atoms with E-state index in [0.717, 1.165) is 11.8 Å². The molecule has 0 heterocycles. The van der Waals surface area contributed by atoms with Crippen LogP contribution in [0, 0.1) is 17.3 Å². The van der Waals surface area contributed by atoms with Crippen molar-refractivity contribution in [3.8, 4) is 0 Å². The van der Waals surface area contributed by atoms with Gasteiger partial charge in [0.1, 0.15) is 0 Å². The maximum absolute atomic E-state index is 2.50. The third-order valence-corrected chi connectivity index (χ3v) is 4.06. The molecular formula is C12H20. The minimum absolute atomic E-state index is 0.646. The minimum atomic E-state index is 0.646. The van der Waals surface area contributed by atoms with Gasteiger partial charge in [0.15, 0.2) is 0 Å². The molecule has 0 aromatic rings. The fourth-order valence-corrected chi connectivity index (χ4v) is 2.67. The summed E-state index contributed by atoms with van der Waals surface area (Å²) in [7, 11) is 0. The van der Waals surface area contributed by atoms with Crippen molar-refractivity contribution in [3.63, 3.8) is 0 Å². The average molecular weight is 164 g/mol. The third-order valence-electron chi connectivity index (χ3n) is 4.06. The van der Waals surface area contributed by atoms with Gasteiger partial charge in [-0.25, -0.2) is 0 Å². The summed E-state index contributed by atoms with van der Waals surface area (Å²) in [5.41, 5.74) is 0.646. The highest BCUT2D eigenvalue weighted by molar-refractivity contribution is 5.03. The summed E-state index contributed by atoms with van der Waals surface area (Å²) in [6.45, 7) is 4.91. The van der Waals surface area contributed by atoms with Gasteiger partial charge in [-0.2, -0.15) is 0 Å². The second-order valence-electron chi connectivity index (χ2n) is 4.89. The van der Waals surface area contributed by atoms with Crippen LogP contribution < -0.4 is 0 Å². The van der Waals surface area contributed by atoms with Crippen LogP contribution in [0.2, 0.25) is 0 Å². The molecule has 2 aliphatic carbocycles. The number of allylic oxidation sites excluding steroid dienone is 2. The fraction of sp³-hybridized carbons (Fsp3) is 0.833. The molecule has 2 atom stereocenters. The lowest BCUT2D eigenvalue weighted by molar-refractivity contribution is 0.182. The highest BCUT2D eigenvalue weighted by Crippen LogP contribution is 2.53. The van der Waals surface area contributed by atoms with Crippen LogP contribution in [0.15, 0.2) is 12.2 Å². The Bertz CT molecular complexity index is 188. The van der Waals surface area contributed by atoms with Crippen LogP contribution in [0.3, 0.4) is 0 Å². The zero-order valence-corrected chi connectivity index (χ0v) is 8.34. The fourth-order valence-electron chi connectivity index (χ4n) is 2.67. The van der Waals surface area contributed by atoms with Gasteiger partial charge in [-0.1, -0.05) is 26.0 Å². The summed E-state index contributed by atoms with van der Waals surface area (Å²) in [6.07, 6.45) is 12.0. The van der Waals surface area contributed by atoms with Crippen LogP contribution in [-0.2, 0) is 0 Å². The standard InChI is InChI=1S/C12H20/c1-10-6-4-3-5-9-12(10,2)11-7-8-11/h4,6,10-11H,3,5,7-9H2,1-2H3. The van der Waals surface area contributed by atoms with Crippen LogP contribution in [0.4, 0.5) is 0 Å². The van der Waals surface area contributed by atoms with Crippen LogP contribution in [-0.4, -0.2) is 0 Å². The summed E-state index contributed by atoms with van der Waals surface area (Å²) < 4.78 is 0. The molecule has 2 rings (SSSR count). The molecule has 1 fully saturated rings. The third kappa shape index (κ3) is 1.32. The summed E-state index contributed by atoms with van der Waals surface area (Å²) in [5.74, 6) is 1.86. The van der Waals surface area contributed by atoms with E-state index in [-0.39, 0.29) is 0 Å². The van der Waals surface area contributed by atoms with Gasteiger partial charge in [0.05, 0.1) is 0 Å². The molecule has 0 saturated heterocycles. The lowest BCUT2D eigenvalue weighted by atomic mass is 9.71. The molecule has 0 heteroatoms. The molecule has 0 radical (unpaired) electrons. The molecule has 12 heavy (non-hydrogen) atoms. The first-order chi connectivity index (χ1) is 5.73. The lowest BCUT2D eigenvalue weighted by Crippen LogP contribution is -2.25. The van der Waals surface area contributed by atoms with Crippen LogP contribution >= 0.6 is 0 Å². The molecule has 0 nitrogen and oxygen atoms in total. The Kier molecular flexibility index (Phi) is 2.02. The van der Waals surface area contributed by atoms with E-state index in [9.17, 15) is 0 Å². The molecule has 1 saturated carbocycles. The molecule has 0 bridgehead atoms. The van der Waals surface area contributed by atoms with E-state index in [1.165, 1.54) is 32.1 Å². The minimum Gasteiger partial charge on any atom is -0.0882 e. The predicted octanol–water partition coefficient (Wildman–Crippen LogP) is 3.78. The van der Waals surface area contributed by atoms with Crippen molar-refractivity contribution >= 4 is 0 Å². The van der Waals surface area contributed by atoms with Gasteiger partial charge >= 0.3 is 0 Å². The molecule has 0 spiro atoms. The van der Waals surface area contributed by atoms with Crippen molar-refractivity contribution in [1.82, 2.24) is 0 Å². The van der Waals surface area contributed by atoms with E-state index in [1.807, 2.05) is 0 Å². The molecular weight excluding hydrogens is 144 g/mol. The number of rotatable bonds is 1. The molecule has 0 aromatic heterocycles. The van der Waals surface area contributed by atoms with Crippen molar-refractivity contribution in [3.05, 3.63) is 12.2 Å². The maximum Gasteiger partial charge on any atom is -0.0205 e. The van der Waals surface area contributed by atoms with Gasteiger partial charge < -0.3 is 0 Å². The Balaban J connectivity index is 2.14. The topological polar surface area (TPSA) is 0 Å². The first-order valence-corrected chi connectivity index (χ1v) is 5.40. The molecule has 2 aliphatic rings. The van der Waals surface area contributed by atoms with E-state index in [4.69, 9.17) is 0 Å². The number of hydrogen-bond acceptors (Lipinski definition) is 0. The Morgan fingerprint density at radius 1 is 1.33 bits per heavy atom. The van der Waals surface area contributed by atoms with Crippen molar-refractivity contribution in [1.29, 1.82) is 0 Å².